The Morgan fingerprint density at radius 1 is 1.00 bits per heavy atom. The van der Waals surface area contributed by atoms with Gasteiger partial charge in [0.05, 0.1) is 0 Å². The molecule has 9 heavy (non-hydrogen) atoms. The third kappa shape index (κ3) is 975. The van der Waals surface area contributed by atoms with Crippen molar-refractivity contribution >= 4 is 0 Å². The van der Waals surface area contributed by atoms with Crippen LogP contribution in [0.4, 0.5) is 0 Å². The Labute approximate surface area is 60.3 Å². The van der Waals surface area contributed by atoms with E-state index in [4.69, 9.17) is 0 Å². The van der Waals surface area contributed by atoms with Crippen LogP contribution < -0.4 is 0 Å². The first-order chi connectivity index (χ1) is 4.33. The second-order valence-corrected chi connectivity index (χ2v) is 1.18. The minimum absolute atomic E-state index is 1.25. The summed E-state index contributed by atoms with van der Waals surface area (Å²) in [6, 6.07) is 0. The standard InChI is InChI=1S/C4H6.C3H8.C2H6/c1-3-4-2;1-3-2;1-2/h3-4H,1-2H2;3H2,1-2H3;1-2H3. The van der Waals surface area contributed by atoms with Gasteiger partial charge >= 0.3 is 0 Å². The zero-order valence-electron chi connectivity index (χ0n) is 7.28. The maximum atomic E-state index is 3.36. The highest BCUT2D eigenvalue weighted by Crippen LogP contribution is 1.56. The summed E-state index contributed by atoms with van der Waals surface area (Å²) in [6.45, 7) is 15.0. The van der Waals surface area contributed by atoms with Crippen molar-refractivity contribution in [3.63, 3.8) is 0 Å². The third-order valence-corrected chi connectivity index (χ3v) is 0.167. The van der Waals surface area contributed by atoms with E-state index >= 15 is 0 Å². The summed E-state index contributed by atoms with van der Waals surface area (Å²) in [5.74, 6) is 0. The number of hydrogen-bond donors (Lipinski definition) is 0. The van der Waals surface area contributed by atoms with E-state index in [0.717, 1.165) is 0 Å². The molecule has 0 unspecified atom stereocenters. The predicted molar refractivity (Wildman–Crippen MR) is 47.7 cm³/mol. The average Bonchev–Trinajstić information content (AvgIpc) is 1.94. The maximum absolute atomic E-state index is 3.36. The van der Waals surface area contributed by atoms with Gasteiger partial charge in [-0.05, 0) is 0 Å². The highest BCUT2D eigenvalue weighted by atomic mass is 13.4. The topological polar surface area (TPSA) is 0 Å². The minimum atomic E-state index is 1.25. The molecular formula is C9H20. The molecule has 0 aromatic rings. The van der Waals surface area contributed by atoms with Crippen LogP contribution in [0.3, 0.4) is 0 Å². The van der Waals surface area contributed by atoms with Crippen LogP contribution in [-0.2, 0) is 0 Å². The highest BCUT2D eigenvalue weighted by Gasteiger charge is 1.35. The fraction of sp³-hybridized carbons (Fsp3) is 0.556. The zero-order valence-corrected chi connectivity index (χ0v) is 7.28. The number of hydrogen-bond acceptors (Lipinski definition) is 0. The van der Waals surface area contributed by atoms with Crippen molar-refractivity contribution in [1.82, 2.24) is 0 Å². The van der Waals surface area contributed by atoms with E-state index in [-0.39, 0.29) is 0 Å². The van der Waals surface area contributed by atoms with E-state index in [2.05, 4.69) is 27.0 Å². The van der Waals surface area contributed by atoms with Gasteiger partial charge in [-0.25, -0.2) is 0 Å². The quantitative estimate of drug-likeness (QED) is 0.471. The largest absolute Gasteiger partial charge is 0.0991 e. The van der Waals surface area contributed by atoms with E-state index in [1.54, 1.807) is 12.2 Å². The lowest BCUT2D eigenvalue weighted by atomic mass is 10.6. The van der Waals surface area contributed by atoms with Crippen LogP contribution in [0.15, 0.2) is 25.3 Å². The molecule has 0 aromatic carbocycles. The van der Waals surface area contributed by atoms with Crippen molar-refractivity contribution in [2.75, 3.05) is 0 Å². The Morgan fingerprint density at radius 3 is 1.11 bits per heavy atom. The molecule has 0 aliphatic heterocycles. The molecule has 0 atom stereocenters. The maximum Gasteiger partial charge on any atom is -0.0590 e. The van der Waals surface area contributed by atoms with Gasteiger partial charge in [-0.2, -0.15) is 0 Å². The molecule has 0 fully saturated rings. The summed E-state index contributed by atoms with van der Waals surface area (Å²) in [5.41, 5.74) is 0. The molecule has 0 nitrogen and oxygen atoms in total. The van der Waals surface area contributed by atoms with Crippen LogP contribution in [0.25, 0.3) is 0 Å². The first kappa shape index (κ1) is 15.8. The Hall–Kier alpha value is -0.520. The Kier molecular flexibility index (Phi) is 89.6. The third-order valence-electron chi connectivity index (χ3n) is 0.167. The molecular weight excluding hydrogens is 108 g/mol. The predicted octanol–water partition coefficient (Wildman–Crippen LogP) is 3.80. The van der Waals surface area contributed by atoms with Gasteiger partial charge in [0.25, 0.3) is 0 Å². The average molecular weight is 128 g/mol. The van der Waals surface area contributed by atoms with Crippen LogP contribution in [0.5, 0.6) is 0 Å². The van der Waals surface area contributed by atoms with Gasteiger partial charge in [0, 0.05) is 0 Å². The molecule has 0 aliphatic rings. The normalized spacial score (nSPS) is 4.89. The van der Waals surface area contributed by atoms with Gasteiger partial charge in [0.2, 0.25) is 0 Å². The molecule has 0 bridgehead atoms. The molecule has 0 saturated heterocycles. The van der Waals surface area contributed by atoms with E-state index in [0.29, 0.717) is 0 Å². The van der Waals surface area contributed by atoms with Gasteiger partial charge in [-0.1, -0.05) is 59.4 Å². The van der Waals surface area contributed by atoms with Crippen molar-refractivity contribution in [2.24, 2.45) is 0 Å². The minimum Gasteiger partial charge on any atom is -0.0991 e. The molecule has 0 rings (SSSR count). The van der Waals surface area contributed by atoms with Crippen molar-refractivity contribution in [1.29, 1.82) is 0 Å². The first-order valence-corrected chi connectivity index (χ1v) is 3.56. The van der Waals surface area contributed by atoms with Crippen molar-refractivity contribution in [2.45, 2.75) is 34.1 Å². The van der Waals surface area contributed by atoms with Crippen LogP contribution in [0.1, 0.15) is 34.1 Å². The van der Waals surface area contributed by atoms with Crippen molar-refractivity contribution < 1.29 is 0 Å². The molecule has 0 heteroatoms. The Bertz CT molecular complexity index is 29.3. The molecule has 0 aromatic heterocycles. The number of allylic oxidation sites excluding steroid dienone is 2. The van der Waals surface area contributed by atoms with Crippen molar-refractivity contribution in [3.8, 4) is 0 Å². The fourth-order valence-corrected chi connectivity index (χ4v) is 0. The van der Waals surface area contributed by atoms with Gasteiger partial charge < -0.3 is 0 Å². The lowest BCUT2D eigenvalue weighted by molar-refractivity contribution is 1.09. The Balaban J connectivity index is -0.0000000646. The SMILES string of the molecule is C=CC=C.CC.CCC. The molecule has 0 N–H and O–H groups in total. The molecule has 0 spiro atoms. The second kappa shape index (κ2) is 51.1. The highest BCUT2D eigenvalue weighted by molar-refractivity contribution is 4.88. The molecule has 0 saturated carbocycles. The fourth-order valence-electron chi connectivity index (χ4n) is 0. The Morgan fingerprint density at radius 2 is 1.11 bits per heavy atom. The van der Waals surface area contributed by atoms with Crippen LogP contribution in [0, 0.1) is 0 Å². The second-order valence-electron chi connectivity index (χ2n) is 1.18. The summed E-state index contributed by atoms with van der Waals surface area (Å²) in [6.07, 6.45) is 4.53. The lowest BCUT2D eigenvalue weighted by Gasteiger charge is -1.48. The summed E-state index contributed by atoms with van der Waals surface area (Å²) in [5, 5.41) is 0. The molecule has 0 amide bonds. The van der Waals surface area contributed by atoms with Gasteiger partial charge in [0.15, 0.2) is 0 Å². The van der Waals surface area contributed by atoms with E-state index in [1.807, 2.05) is 13.8 Å². The molecule has 0 heterocycles. The van der Waals surface area contributed by atoms with E-state index in [9.17, 15) is 0 Å². The van der Waals surface area contributed by atoms with Crippen LogP contribution in [0.2, 0.25) is 0 Å². The molecule has 0 radical (unpaired) electrons. The lowest BCUT2D eigenvalue weighted by Crippen LogP contribution is -1.27. The van der Waals surface area contributed by atoms with E-state index in [1.165, 1.54) is 6.42 Å². The summed E-state index contributed by atoms with van der Waals surface area (Å²) >= 11 is 0. The van der Waals surface area contributed by atoms with Gasteiger partial charge in [0.1, 0.15) is 0 Å². The van der Waals surface area contributed by atoms with Crippen LogP contribution >= 0.6 is 0 Å². The van der Waals surface area contributed by atoms with Crippen LogP contribution in [-0.4, -0.2) is 0 Å². The van der Waals surface area contributed by atoms with E-state index < -0.39 is 0 Å². The molecule has 0 aliphatic carbocycles. The summed E-state index contributed by atoms with van der Waals surface area (Å²) in [7, 11) is 0. The van der Waals surface area contributed by atoms with Gasteiger partial charge in [-0.3, -0.25) is 0 Å². The smallest absolute Gasteiger partial charge is 0.0590 e. The summed E-state index contributed by atoms with van der Waals surface area (Å²) in [4.78, 5) is 0. The first-order valence-electron chi connectivity index (χ1n) is 3.56. The zero-order chi connectivity index (χ0) is 8.12. The van der Waals surface area contributed by atoms with Gasteiger partial charge in [-0.15, -0.1) is 0 Å². The van der Waals surface area contributed by atoms with Crippen molar-refractivity contribution in [3.05, 3.63) is 25.3 Å². The monoisotopic (exact) mass is 128 g/mol. The summed E-state index contributed by atoms with van der Waals surface area (Å²) < 4.78 is 0. The number of rotatable bonds is 1. The molecule has 56 valence electrons.